The van der Waals surface area contributed by atoms with E-state index in [0.29, 0.717) is 43.1 Å². The van der Waals surface area contributed by atoms with E-state index >= 15 is 0 Å². The van der Waals surface area contributed by atoms with Crippen molar-refractivity contribution in [2.75, 3.05) is 25.1 Å². The number of nitrogens with one attached hydrogen (secondary N) is 1. The van der Waals surface area contributed by atoms with Crippen molar-refractivity contribution in [3.8, 4) is 5.75 Å². The van der Waals surface area contributed by atoms with Crippen LogP contribution in [0, 0.1) is 5.82 Å². The summed E-state index contributed by atoms with van der Waals surface area (Å²) in [4.78, 5) is 23.6. The highest BCUT2D eigenvalue weighted by molar-refractivity contribution is 5.99. The maximum atomic E-state index is 14.4. The van der Waals surface area contributed by atoms with Crippen molar-refractivity contribution in [3.63, 3.8) is 0 Å². The molecule has 2 aromatic rings. The molecule has 6 nitrogen and oxygen atoms in total. The predicted molar refractivity (Wildman–Crippen MR) is 96.3 cm³/mol. The molecular weight excluding hydrogens is 353 g/mol. The van der Waals surface area contributed by atoms with E-state index in [1.54, 1.807) is 42.5 Å². The lowest BCUT2D eigenvalue weighted by atomic mass is 9.73. The van der Waals surface area contributed by atoms with Gasteiger partial charge in [0.25, 0.3) is 0 Å². The number of carbonyl (C=O) groups excluding carboxylic acids is 1. The topological polar surface area (TPSA) is 84.9 Å². The largest absolute Gasteiger partial charge is 0.482 e. The molecule has 2 aromatic carbocycles. The van der Waals surface area contributed by atoms with Gasteiger partial charge in [-0.1, -0.05) is 18.2 Å². The fourth-order valence-electron chi connectivity index (χ4n) is 3.22. The maximum Gasteiger partial charge on any atom is 0.341 e. The summed E-state index contributed by atoms with van der Waals surface area (Å²) in [7, 11) is 0. The average Bonchev–Trinajstić information content (AvgIpc) is 2.68. The summed E-state index contributed by atoms with van der Waals surface area (Å²) in [6.07, 6.45) is 0.777. The summed E-state index contributed by atoms with van der Waals surface area (Å²) in [5.41, 5.74) is -0.112. The minimum Gasteiger partial charge on any atom is -0.482 e. The van der Waals surface area contributed by atoms with Crippen molar-refractivity contribution < 1.29 is 28.6 Å². The zero-order valence-electron chi connectivity index (χ0n) is 14.6. The molecule has 27 heavy (non-hydrogen) atoms. The highest BCUT2D eigenvalue weighted by atomic mass is 19.1. The van der Waals surface area contributed by atoms with Crippen LogP contribution in [-0.2, 0) is 19.7 Å². The lowest BCUT2D eigenvalue weighted by molar-refractivity contribution is -0.139. The third-order valence-electron chi connectivity index (χ3n) is 4.64. The predicted octanol–water partition coefficient (Wildman–Crippen LogP) is 2.98. The summed E-state index contributed by atoms with van der Waals surface area (Å²) in [5, 5.41) is 11.5. The van der Waals surface area contributed by atoms with Crippen LogP contribution >= 0.6 is 0 Å². The summed E-state index contributed by atoms with van der Waals surface area (Å²) in [6, 6.07) is 12.7. The third-order valence-corrected chi connectivity index (χ3v) is 4.64. The Bertz CT molecular complexity index is 815. The van der Waals surface area contributed by atoms with Crippen LogP contribution in [0.1, 0.15) is 18.4 Å². The standard InChI is InChI=1S/C20H20FNO5/c21-17-4-2-1-3-16(17)20(9-11-26-12-10-20)19(25)22-14-5-7-15(8-6-14)27-13-18(23)24/h1-8H,9-13H2,(H,22,25)(H,23,24). The zero-order chi connectivity index (χ0) is 19.3. The lowest BCUT2D eigenvalue weighted by Crippen LogP contribution is -2.45. The number of aliphatic carboxylic acids is 1. The second-order valence-electron chi connectivity index (χ2n) is 6.34. The smallest absolute Gasteiger partial charge is 0.341 e. The van der Waals surface area contributed by atoms with E-state index < -0.39 is 23.8 Å². The van der Waals surface area contributed by atoms with Gasteiger partial charge in [0.2, 0.25) is 5.91 Å². The van der Waals surface area contributed by atoms with Gasteiger partial charge in [0.1, 0.15) is 11.6 Å². The number of amides is 1. The number of rotatable bonds is 6. The van der Waals surface area contributed by atoms with Crippen molar-refractivity contribution >= 4 is 17.6 Å². The molecule has 1 fully saturated rings. The Balaban J connectivity index is 1.79. The second-order valence-corrected chi connectivity index (χ2v) is 6.34. The van der Waals surface area contributed by atoms with Crippen LogP contribution in [0.2, 0.25) is 0 Å². The molecule has 1 aliphatic heterocycles. The zero-order valence-corrected chi connectivity index (χ0v) is 14.6. The van der Waals surface area contributed by atoms with E-state index in [-0.39, 0.29) is 5.91 Å². The number of anilines is 1. The number of ether oxygens (including phenoxy) is 2. The first kappa shape index (κ1) is 18.8. The van der Waals surface area contributed by atoms with Gasteiger partial charge in [-0.3, -0.25) is 4.79 Å². The summed E-state index contributed by atoms with van der Waals surface area (Å²) < 4.78 is 24.9. The molecule has 1 aliphatic rings. The molecule has 0 aliphatic carbocycles. The molecule has 1 amide bonds. The van der Waals surface area contributed by atoms with Crippen LogP contribution in [0.25, 0.3) is 0 Å². The molecule has 142 valence electrons. The molecule has 2 N–H and O–H groups in total. The first-order chi connectivity index (χ1) is 13.0. The molecule has 0 atom stereocenters. The minimum absolute atomic E-state index is 0.296. The van der Waals surface area contributed by atoms with Crippen molar-refractivity contribution in [1.82, 2.24) is 0 Å². The first-order valence-electron chi connectivity index (χ1n) is 8.60. The Morgan fingerprint density at radius 3 is 2.41 bits per heavy atom. The molecule has 0 radical (unpaired) electrons. The van der Waals surface area contributed by atoms with Crippen LogP contribution in [0.5, 0.6) is 5.75 Å². The van der Waals surface area contributed by atoms with Crippen LogP contribution in [-0.4, -0.2) is 36.8 Å². The Hall–Kier alpha value is -2.93. The van der Waals surface area contributed by atoms with Crippen LogP contribution in [0.15, 0.2) is 48.5 Å². The molecule has 7 heteroatoms. The molecule has 1 heterocycles. The van der Waals surface area contributed by atoms with Crippen LogP contribution in [0.4, 0.5) is 10.1 Å². The Morgan fingerprint density at radius 1 is 1.11 bits per heavy atom. The summed E-state index contributed by atoms with van der Waals surface area (Å²) in [5.74, 6) is -1.40. The van der Waals surface area contributed by atoms with Crippen molar-refractivity contribution in [2.24, 2.45) is 0 Å². The molecule has 0 unspecified atom stereocenters. The van der Waals surface area contributed by atoms with Gasteiger partial charge in [-0.25, -0.2) is 9.18 Å². The minimum atomic E-state index is -1.07. The fraction of sp³-hybridized carbons (Fsp3) is 0.300. The number of benzene rings is 2. The van der Waals surface area contributed by atoms with Crippen LogP contribution in [0.3, 0.4) is 0 Å². The van der Waals surface area contributed by atoms with Gasteiger partial charge in [0, 0.05) is 24.5 Å². The van der Waals surface area contributed by atoms with E-state index in [0.717, 1.165) is 0 Å². The summed E-state index contributed by atoms with van der Waals surface area (Å²) >= 11 is 0. The number of halogens is 1. The number of hydrogen-bond donors (Lipinski definition) is 2. The highest BCUT2D eigenvalue weighted by Crippen LogP contribution is 2.37. The second kappa shape index (κ2) is 8.18. The molecule has 1 saturated heterocycles. The van der Waals surface area contributed by atoms with Gasteiger partial charge in [0.05, 0.1) is 5.41 Å². The molecule has 0 spiro atoms. The monoisotopic (exact) mass is 373 g/mol. The number of hydrogen-bond acceptors (Lipinski definition) is 4. The molecule has 0 bridgehead atoms. The molecule has 0 aromatic heterocycles. The van der Waals surface area contributed by atoms with Crippen LogP contribution < -0.4 is 10.1 Å². The summed E-state index contributed by atoms with van der Waals surface area (Å²) in [6.45, 7) is 0.315. The number of carbonyl (C=O) groups is 2. The van der Waals surface area contributed by atoms with Crippen molar-refractivity contribution in [2.45, 2.75) is 18.3 Å². The lowest BCUT2D eigenvalue weighted by Gasteiger charge is -2.36. The first-order valence-corrected chi connectivity index (χ1v) is 8.60. The Labute approximate surface area is 155 Å². The normalized spacial score (nSPS) is 15.7. The van der Waals surface area contributed by atoms with Gasteiger partial charge >= 0.3 is 5.97 Å². The van der Waals surface area contributed by atoms with Gasteiger partial charge in [0.15, 0.2) is 6.61 Å². The fourth-order valence-corrected chi connectivity index (χ4v) is 3.22. The van der Waals surface area contributed by atoms with Crippen molar-refractivity contribution in [3.05, 3.63) is 59.9 Å². The molecular formula is C20H20FNO5. The quantitative estimate of drug-likeness (QED) is 0.813. The van der Waals surface area contributed by atoms with E-state index in [4.69, 9.17) is 14.6 Å². The van der Waals surface area contributed by atoms with E-state index in [1.165, 1.54) is 6.07 Å². The number of carboxylic acids is 1. The van der Waals surface area contributed by atoms with Crippen molar-refractivity contribution in [1.29, 1.82) is 0 Å². The Morgan fingerprint density at radius 2 is 1.78 bits per heavy atom. The van der Waals surface area contributed by atoms with Gasteiger partial charge < -0.3 is 19.9 Å². The van der Waals surface area contributed by atoms with Gasteiger partial charge in [-0.2, -0.15) is 0 Å². The average molecular weight is 373 g/mol. The molecule has 3 rings (SSSR count). The van der Waals surface area contributed by atoms with E-state index in [9.17, 15) is 14.0 Å². The molecule has 0 saturated carbocycles. The van der Waals surface area contributed by atoms with Gasteiger partial charge in [-0.15, -0.1) is 0 Å². The maximum absolute atomic E-state index is 14.4. The third kappa shape index (κ3) is 4.25. The van der Waals surface area contributed by atoms with E-state index in [2.05, 4.69) is 5.32 Å². The van der Waals surface area contributed by atoms with E-state index in [1.807, 2.05) is 0 Å². The number of carboxylic acid groups (broad SMARTS) is 1. The van der Waals surface area contributed by atoms with Gasteiger partial charge in [-0.05, 0) is 43.2 Å². The highest BCUT2D eigenvalue weighted by Gasteiger charge is 2.43. The SMILES string of the molecule is O=C(O)COc1ccc(NC(=O)C2(c3ccccc3F)CCOCC2)cc1. The Kier molecular flexibility index (Phi) is 5.71.